The summed E-state index contributed by atoms with van der Waals surface area (Å²) in [6, 6.07) is 0. The van der Waals surface area contributed by atoms with Crippen molar-refractivity contribution in [2.75, 3.05) is 19.8 Å². The first kappa shape index (κ1) is 14.3. The molecule has 1 saturated carbocycles. The van der Waals surface area contributed by atoms with Gasteiger partial charge in [0.1, 0.15) is 0 Å². The molecule has 0 bridgehead atoms. The van der Waals surface area contributed by atoms with Crippen molar-refractivity contribution in [2.24, 2.45) is 10.8 Å². The second-order valence-electron chi connectivity index (χ2n) is 6.40. The van der Waals surface area contributed by atoms with Crippen molar-refractivity contribution in [3.05, 3.63) is 0 Å². The highest BCUT2D eigenvalue weighted by Crippen LogP contribution is 2.39. The lowest BCUT2D eigenvalue weighted by Crippen LogP contribution is -2.49. The number of hydrogen-bond donors (Lipinski definition) is 2. The Bertz CT molecular complexity index is 356. The smallest absolute Gasteiger partial charge is 0.310 e. The van der Waals surface area contributed by atoms with Crippen LogP contribution in [0.25, 0.3) is 0 Å². The van der Waals surface area contributed by atoms with Crippen LogP contribution in [0.15, 0.2) is 0 Å². The van der Waals surface area contributed by atoms with Crippen LogP contribution in [0, 0.1) is 10.8 Å². The highest BCUT2D eigenvalue weighted by Gasteiger charge is 2.42. The van der Waals surface area contributed by atoms with Gasteiger partial charge in [-0.3, -0.25) is 9.59 Å². The van der Waals surface area contributed by atoms with E-state index in [2.05, 4.69) is 12.2 Å². The molecule has 5 heteroatoms. The van der Waals surface area contributed by atoms with E-state index in [1.165, 1.54) is 0 Å². The minimum atomic E-state index is -0.834. The van der Waals surface area contributed by atoms with Crippen molar-refractivity contribution in [1.82, 2.24) is 5.32 Å². The summed E-state index contributed by atoms with van der Waals surface area (Å²) in [5.74, 6) is -0.960. The Morgan fingerprint density at radius 3 is 2.32 bits per heavy atom. The van der Waals surface area contributed by atoms with E-state index in [0.29, 0.717) is 32.6 Å². The molecule has 1 amide bonds. The van der Waals surface area contributed by atoms with Crippen LogP contribution in [0.3, 0.4) is 0 Å². The van der Waals surface area contributed by atoms with E-state index in [4.69, 9.17) is 4.74 Å². The van der Waals surface area contributed by atoms with E-state index < -0.39 is 11.4 Å². The van der Waals surface area contributed by atoms with Gasteiger partial charge in [-0.1, -0.05) is 26.2 Å². The zero-order valence-corrected chi connectivity index (χ0v) is 11.5. The first-order chi connectivity index (χ1) is 8.96. The molecule has 0 atom stereocenters. The van der Waals surface area contributed by atoms with E-state index >= 15 is 0 Å². The van der Waals surface area contributed by atoms with Gasteiger partial charge in [0.15, 0.2) is 0 Å². The molecular weight excluding hydrogens is 246 g/mol. The fourth-order valence-corrected chi connectivity index (χ4v) is 2.93. The molecule has 0 unspecified atom stereocenters. The van der Waals surface area contributed by atoms with E-state index in [0.717, 1.165) is 19.3 Å². The number of hydrogen-bond acceptors (Lipinski definition) is 3. The third kappa shape index (κ3) is 3.26. The Kier molecular flexibility index (Phi) is 4.13. The molecule has 5 nitrogen and oxygen atoms in total. The van der Waals surface area contributed by atoms with Gasteiger partial charge in [0, 0.05) is 18.4 Å². The maximum absolute atomic E-state index is 12.0. The van der Waals surface area contributed by atoms with Crippen molar-refractivity contribution in [2.45, 2.75) is 45.4 Å². The van der Waals surface area contributed by atoms with Crippen LogP contribution < -0.4 is 5.32 Å². The van der Waals surface area contributed by atoms with E-state index in [1.807, 2.05) is 0 Å². The molecule has 1 aliphatic carbocycles. The zero-order chi connectivity index (χ0) is 13.9. The lowest BCUT2D eigenvalue weighted by Gasteiger charge is -2.38. The third-order valence-electron chi connectivity index (χ3n) is 4.38. The second-order valence-corrected chi connectivity index (χ2v) is 6.40. The van der Waals surface area contributed by atoms with Gasteiger partial charge in [0.2, 0.25) is 5.91 Å². The van der Waals surface area contributed by atoms with Crippen molar-refractivity contribution < 1.29 is 19.4 Å². The molecule has 2 aliphatic rings. The fraction of sp³-hybridized carbons (Fsp3) is 0.857. The lowest BCUT2D eigenvalue weighted by molar-refractivity contribution is -0.154. The molecule has 0 aromatic heterocycles. The highest BCUT2D eigenvalue weighted by molar-refractivity contribution is 5.85. The number of aliphatic carboxylic acids is 1. The van der Waals surface area contributed by atoms with E-state index in [1.54, 1.807) is 0 Å². The largest absolute Gasteiger partial charge is 0.481 e. The van der Waals surface area contributed by atoms with Gasteiger partial charge in [-0.25, -0.2) is 0 Å². The Balaban J connectivity index is 1.86. The Hall–Kier alpha value is -1.10. The maximum atomic E-state index is 12.0. The summed E-state index contributed by atoms with van der Waals surface area (Å²) < 4.78 is 5.13. The SMILES string of the molecule is CC1(CNC(=O)CC2(C(=O)O)CCCCC2)COC1. The summed E-state index contributed by atoms with van der Waals surface area (Å²) in [7, 11) is 0. The predicted octanol–water partition coefficient (Wildman–Crippen LogP) is 1.56. The van der Waals surface area contributed by atoms with Gasteiger partial charge < -0.3 is 15.2 Å². The number of carbonyl (C=O) groups excluding carboxylic acids is 1. The summed E-state index contributed by atoms with van der Waals surface area (Å²) in [6.07, 6.45) is 4.24. The maximum Gasteiger partial charge on any atom is 0.310 e. The second kappa shape index (κ2) is 5.49. The normalized spacial score (nSPS) is 24.3. The minimum Gasteiger partial charge on any atom is -0.481 e. The van der Waals surface area contributed by atoms with Crippen molar-refractivity contribution in [3.8, 4) is 0 Å². The molecule has 2 fully saturated rings. The number of rotatable bonds is 5. The number of carboxylic acid groups (broad SMARTS) is 1. The number of ether oxygens (including phenoxy) is 1. The third-order valence-corrected chi connectivity index (χ3v) is 4.38. The molecule has 0 radical (unpaired) electrons. The van der Waals surface area contributed by atoms with E-state index in [-0.39, 0.29) is 17.7 Å². The number of carboxylic acids is 1. The van der Waals surface area contributed by atoms with Gasteiger partial charge in [-0.05, 0) is 12.8 Å². The molecule has 0 aromatic carbocycles. The first-order valence-electron chi connectivity index (χ1n) is 7.04. The Labute approximate surface area is 113 Å². The van der Waals surface area contributed by atoms with Gasteiger partial charge in [0.25, 0.3) is 0 Å². The van der Waals surface area contributed by atoms with Crippen LogP contribution in [0.4, 0.5) is 0 Å². The number of carbonyl (C=O) groups is 2. The summed E-state index contributed by atoms with van der Waals surface area (Å²) in [6.45, 7) is 3.96. The van der Waals surface area contributed by atoms with Gasteiger partial charge in [-0.15, -0.1) is 0 Å². The summed E-state index contributed by atoms with van der Waals surface area (Å²) in [5.41, 5.74) is -0.808. The van der Waals surface area contributed by atoms with Crippen molar-refractivity contribution >= 4 is 11.9 Å². The van der Waals surface area contributed by atoms with Gasteiger partial charge in [0.05, 0.1) is 18.6 Å². The summed E-state index contributed by atoms with van der Waals surface area (Å²) in [4.78, 5) is 23.5. The molecule has 1 saturated heterocycles. The zero-order valence-electron chi connectivity index (χ0n) is 11.5. The molecule has 108 valence electrons. The van der Waals surface area contributed by atoms with Crippen molar-refractivity contribution in [1.29, 1.82) is 0 Å². The van der Waals surface area contributed by atoms with Crippen LogP contribution >= 0.6 is 0 Å². The standard InChI is InChI=1S/C14H23NO4/c1-13(9-19-10-13)8-15-11(16)7-14(12(17)18)5-3-2-4-6-14/h2-10H2,1H3,(H,15,16)(H,17,18). The molecule has 2 rings (SSSR count). The van der Waals surface area contributed by atoms with Crippen LogP contribution in [0.2, 0.25) is 0 Å². The molecule has 0 spiro atoms. The van der Waals surface area contributed by atoms with Crippen LogP contribution in [-0.2, 0) is 14.3 Å². The number of nitrogens with one attached hydrogen (secondary N) is 1. The molecule has 1 heterocycles. The van der Waals surface area contributed by atoms with Gasteiger partial charge in [-0.2, -0.15) is 0 Å². The average molecular weight is 269 g/mol. The van der Waals surface area contributed by atoms with E-state index in [9.17, 15) is 14.7 Å². The Morgan fingerprint density at radius 2 is 1.84 bits per heavy atom. The quantitative estimate of drug-likeness (QED) is 0.794. The average Bonchev–Trinajstić information content (AvgIpc) is 2.35. The van der Waals surface area contributed by atoms with Gasteiger partial charge >= 0.3 is 5.97 Å². The van der Waals surface area contributed by atoms with Crippen molar-refractivity contribution in [3.63, 3.8) is 0 Å². The topological polar surface area (TPSA) is 75.6 Å². The highest BCUT2D eigenvalue weighted by atomic mass is 16.5. The lowest BCUT2D eigenvalue weighted by atomic mass is 9.71. The molecule has 2 N–H and O–H groups in total. The number of amides is 1. The Morgan fingerprint density at radius 1 is 1.21 bits per heavy atom. The summed E-state index contributed by atoms with van der Waals surface area (Å²) in [5, 5.41) is 12.3. The van der Waals surface area contributed by atoms with Crippen LogP contribution in [0.1, 0.15) is 45.4 Å². The summed E-state index contributed by atoms with van der Waals surface area (Å²) >= 11 is 0. The predicted molar refractivity (Wildman–Crippen MR) is 69.7 cm³/mol. The fourth-order valence-electron chi connectivity index (χ4n) is 2.93. The molecule has 19 heavy (non-hydrogen) atoms. The minimum absolute atomic E-state index is 0.0264. The molecule has 1 aliphatic heterocycles. The molecule has 0 aromatic rings. The van der Waals surface area contributed by atoms with Crippen LogP contribution in [0.5, 0.6) is 0 Å². The first-order valence-corrected chi connectivity index (χ1v) is 7.04. The molecular formula is C14H23NO4. The monoisotopic (exact) mass is 269 g/mol. The van der Waals surface area contributed by atoms with Crippen LogP contribution in [-0.4, -0.2) is 36.7 Å².